The molecule has 0 aromatic carbocycles. The summed E-state index contributed by atoms with van der Waals surface area (Å²) in [6, 6.07) is 5.46. The Morgan fingerprint density at radius 2 is 2.17 bits per heavy atom. The number of amides is 1. The highest BCUT2D eigenvalue weighted by Gasteiger charge is 2.11. The molecule has 5 nitrogen and oxygen atoms in total. The molecule has 1 unspecified atom stereocenters. The Labute approximate surface area is 119 Å². The lowest BCUT2D eigenvalue weighted by molar-refractivity contribution is -0.118. The van der Waals surface area contributed by atoms with Crippen molar-refractivity contribution < 1.29 is 9.53 Å². The zero-order chi connectivity index (χ0) is 12.0. The van der Waals surface area contributed by atoms with Gasteiger partial charge in [-0.2, -0.15) is 0 Å². The minimum Gasteiger partial charge on any atom is -0.380 e. The number of carbonyl (C=O) groups excluding carboxylic acids is 1. The van der Waals surface area contributed by atoms with Crippen molar-refractivity contribution >= 4 is 36.5 Å². The Kier molecular flexibility index (Phi) is 10.9. The Hall–Kier alpha value is -0.880. The third kappa shape index (κ3) is 6.76. The zero-order valence-corrected chi connectivity index (χ0v) is 12.0. The van der Waals surface area contributed by atoms with Crippen molar-refractivity contribution in [3.63, 3.8) is 0 Å². The number of methoxy groups -OCH3 is 1. The van der Waals surface area contributed by atoms with Crippen LogP contribution in [0.15, 0.2) is 18.2 Å². The fourth-order valence-corrected chi connectivity index (χ4v) is 1.28. The summed E-state index contributed by atoms with van der Waals surface area (Å²) in [5.74, 6) is 0.410. The molecule has 0 radical (unpaired) electrons. The fourth-order valence-electron chi connectivity index (χ4n) is 1.28. The van der Waals surface area contributed by atoms with E-state index in [1.54, 1.807) is 6.07 Å². The van der Waals surface area contributed by atoms with Gasteiger partial charge >= 0.3 is 0 Å². The SMILES string of the molecule is COC(CN)CC(=O)Nc1cccc(C)n1.Cl.Cl. The van der Waals surface area contributed by atoms with Crippen molar-refractivity contribution in [2.45, 2.75) is 19.4 Å². The van der Waals surface area contributed by atoms with Crippen LogP contribution >= 0.6 is 24.8 Å². The molecule has 0 aliphatic heterocycles. The van der Waals surface area contributed by atoms with Crippen molar-refractivity contribution in [1.82, 2.24) is 4.98 Å². The number of halogens is 2. The maximum atomic E-state index is 11.6. The van der Waals surface area contributed by atoms with E-state index in [1.807, 2.05) is 19.1 Å². The Balaban J connectivity index is 0. The third-order valence-corrected chi connectivity index (χ3v) is 2.17. The van der Waals surface area contributed by atoms with Crippen LogP contribution in [0.1, 0.15) is 12.1 Å². The van der Waals surface area contributed by atoms with Crippen LogP contribution in [0.5, 0.6) is 0 Å². The van der Waals surface area contributed by atoms with Crippen molar-refractivity contribution in [3.8, 4) is 0 Å². The summed E-state index contributed by atoms with van der Waals surface area (Å²) in [7, 11) is 1.54. The number of hydrogen-bond donors (Lipinski definition) is 2. The van der Waals surface area contributed by atoms with Gasteiger partial charge < -0.3 is 15.8 Å². The highest BCUT2D eigenvalue weighted by Crippen LogP contribution is 2.05. The zero-order valence-electron chi connectivity index (χ0n) is 10.4. The summed E-state index contributed by atoms with van der Waals surface area (Å²) >= 11 is 0. The molecule has 1 aromatic rings. The van der Waals surface area contributed by atoms with Crippen molar-refractivity contribution in [1.29, 1.82) is 0 Å². The Morgan fingerprint density at radius 3 is 2.67 bits per heavy atom. The first-order valence-corrected chi connectivity index (χ1v) is 5.12. The molecule has 0 spiro atoms. The van der Waals surface area contributed by atoms with Gasteiger partial charge in [0.1, 0.15) is 5.82 Å². The monoisotopic (exact) mass is 295 g/mol. The molecule has 1 atom stereocenters. The largest absolute Gasteiger partial charge is 0.380 e. The highest BCUT2D eigenvalue weighted by atomic mass is 35.5. The smallest absolute Gasteiger partial charge is 0.228 e. The lowest BCUT2D eigenvalue weighted by Crippen LogP contribution is -2.28. The number of anilines is 1. The van der Waals surface area contributed by atoms with E-state index in [1.165, 1.54) is 7.11 Å². The van der Waals surface area contributed by atoms with Crippen LogP contribution in [-0.4, -0.2) is 30.6 Å². The second kappa shape index (κ2) is 10.1. The van der Waals surface area contributed by atoms with Crippen LogP contribution in [-0.2, 0) is 9.53 Å². The topological polar surface area (TPSA) is 77.2 Å². The highest BCUT2D eigenvalue weighted by molar-refractivity contribution is 5.90. The number of nitrogens with zero attached hydrogens (tertiary/aromatic N) is 1. The number of nitrogens with two attached hydrogens (primary N) is 1. The van der Waals surface area contributed by atoms with Gasteiger partial charge in [0.05, 0.1) is 12.5 Å². The first-order valence-electron chi connectivity index (χ1n) is 5.12. The first-order chi connectivity index (χ1) is 7.65. The van der Waals surface area contributed by atoms with Gasteiger partial charge in [0.2, 0.25) is 5.91 Å². The molecule has 0 aliphatic carbocycles. The van der Waals surface area contributed by atoms with Crippen molar-refractivity contribution in [3.05, 3.63) is 23.9 Å². The molecule has 3 N–H and O–H groups in total. The molecule has 1 amide bonds. The van der Waals surface area contributed by atoms with Gasteiger partial charge in [-0.25, -0.2) is 4.98 Å². The minimum absolute atomic E-state index is 0. The Bertz CT molecular complexity index is 360. The normalized spacial score (nSPS) is 10.8. The molecule has 104 valence electrons. The second-order valence-electron chi connectivity index (χ2n) is 3.51. The van der Waals surface area contributed by atoms with E-state index in [2.05, 4.69) is 10.3 Å². The number of aromatic nitrogens is 1. The summed E-state index contributed by atoms with van der Waals surface area (Å²) in [5, 5.41) is 2.70. The summed E-state index contributed by atoms with van der Waals surface area (Å²) in [4.78, 5) is 15.7. The first kappa shape index (κ1) is 19.5. The number of ether oxygens (including phenoxy) is 1. The molecule has 1 heterocycles. The van der Waals surface area contributed by atoms with Crippen LogP contribution in [0.25, 0.3) is 0 Å². The van der Waals surface area contributed by atoms with Crippen molar-refractivity contribution in [2.24, 2.45) is 5.73 Å². The van der Waals surface area contributed by atoms with E-state index in [4.69, 9.17) is 10.5 Å². The molecule has 0 fully saturated rings. The van der Waals surface area contributed by atoms with Gasteiger partial charge in [0, 0.05) is 19.3 Å². The quantitative estimate of drug-likeness (QED) is 0.864. The third-order valence-electron chi connectivity index (χ3n) is 2.17. The van der Waals surface area contributed by atoms with Gasteiger partial charge in [-0.3, -0.25) is 4.79 Å². The molecule has 1 rings (SSSR count). The average Bonchev–Trinajstić information content (AvgIpc) is 2.26. The van der Waals surface area contributed by atoms with E-state index in [9.17, 15) is 4.79 Å². The number of pyridine rings is 1. The van der Waals surface area contributed by atoms with Gasteiger partial charge in [-0.15, -0.1) is 24.8 Å². The summed E-state index contributed by atoms with van der Waals surface area (Å²) < 4.78 is 5.03. The van der Waals surface area contributed by atoms with Crippen LogP contribution < -0.4 is 11.1 Å². The van der Waals surface area contributed by atoms with Gasteiger partial charge in [0.15, 0.2) is 0 Å². The summed E-state index contributed by atoms with van der Waals surface area (Å²) in [6.07, 6.45) is -0.00683. The average molecular weight is 296 g/mol. The Morgan fingerprint density at radius 1 is 1.50 bits per heavy atom. The minimum atomic E-state index is -0.246. The molecular formula is C11H19Cl2N3O2. The molecule has 1 aromatic heterocycles. The molecule has 0 aliphatic rings. The number of nitrogens with one attached hydrogen (secondary N) is 1. The van der Waals surface area contributed by atoms with Gasteiger partial charge in [-0.05, 0) is 19.1 Å². The predicted molar refractivity (Wildman–Crippen MR) is 76.6 cm³/mol. The van der Waals surface area contributed by atoms with Crippen LogP contribution in [0.2, 0.25) is 0 Å². The van der Waals surface area contributed by atoms with Crippen LogP contribution in [0.3, 0.4) is 0 Å². The van der Waals surface area contributed by atoms with E-state index in [0.717, 1.165) is 5.69 Å². The predicted octanol–water partition coefficient (Wildman–Crippen LogP) is 1.54. The molecule has 0 saturated carbocycles. The summed E-state index contributed by atoms with van der Waals surface area (Å²) in [6.45, 7) is 2.19. The number of carbonyl (C=O) groups is 1. The second-order valence-corrected chi connectivity index (χ2v) is 3.51. The van der Waals surface area contributed by atoms with E-state index in [-0.39, 0.29) is 43.2 Å². The van der Waals surface area contributed by atoms with E-state index < -0.39 is 0 Å². The molecule has 18 heavy (non-hydrogen) atoms. The maximum Gasteiger partial charge on any atom is 0.228 e. The fraction of sp³-hybridized carbons (Fsp3) is 0.455. The molecule has 0 bridgehead atoms. The lowest BCUT2D eigenvalue weighted by atomic mass is 10.2. The molecule has 0 saturated heterocycles. The molecule has 7 heteroatoms. The van der Waals surface area contributed by atoms with Gasteiger partial charge in [0.25, 0.3) is 0 Å². The van der Waals surface area contributed by atoms with E-state index in [0.29, 0.717) is 12.4 Å². The standard InChI is InChI=1S/C11H17N3O2.2ClH/c1-8-4-3-5-10(13-8)14-11(15)6-9(7-12)16-2;;/h3-5,9H,6-7,12H2,1-2H3,(H,13,14,15);2*1H. The molecular weight excluding hydrogens is 277 g/mol. The van der Waals surface area contributed by atoms with E-state index >= 15 is 0 Å². The number of aryl methyl sites for hydroxylation is 1. The maximum absolute atomic E-state index is 11.6. The lowest BCUT2D eigenvalue weighted by Gasteiger charge is -2.12. The number of hydrogen-bond acceptors (Lipinski definition) is 4. The van der Waals surface area contributed by atoms with Gasteiger partial charge in [-0.1, -0.05) is 6.07 Å². The van der Waals surface area contributed by atoms with Crippen molar-refractivity contribution in [2.75, 3.05) is 19.0 Å². The van der Waals surface area contributed by atoms with Crippen LogP contribution in [0.4, 0.5) is 5.82 Å². The van der Waals surface area contributed by atoms with Crippen LogP contribution in [0, 0.1) is 6.92 Å². The number of rotatable bonds is 5. The summed E-state index contributed by atoms with van der Waals surface area (Å²) in [5.41, 5.74) is 6.29.